The van der Waals surface area contributed by atoms with Gasteiger partial charge in [0.15, 0.2) is 0 Å². The Hall–Kier alpha value is -2.83. The largest absolute Gasteiger partial charge is 0.494 e. The number of amides is 2. The average Bonchev–Trinajstić information content (AvgIpc) is 3.01. The van der Waals surface area contributed by atoms with Gasteiger partial charge in [0.25, 0.3) is 11.8 Å². The number of ether oxygens (including phenoxy) is 2. The van der Waals surface area contributed by atoms with Gasteiger partial charge in [-0.1, -0.05) is 35.9 Å². The van der Waals surface area contributed by atoms with E-state index in [1.807, 2.05) is 48.2 Å². The van der Waals surface area contributed by atoms with Crippen LogP contribution in [0.1, 0.15) is 18.1 Å². The molecule has 2 heterocycles. The van der Waals surface area contributed by atoms with Crippen LogP contribution in [0.5, 0.6) is 5.75 Å². The zero-order chi connectivity index (χ0) is 21.1. The fourth-order valence-corrected chi connectivity index (χ4v) is 3.83. The first kappa shape index (κ1) is 20.4. The molecule has 0 N–H and O–H groups in total. The Morgan fingerprint density at radius 3 is 2.27 bits per heavy atom. The molecule has 0 bridgehead atoms. The van der Waals surface area contributed by atoms with E-state index in [2.05, 4.69) is 0 Å². The highest BCUT2D eigenvalue weighted by atomic mass is 35.5. The number of carbonyl (C=O) groups is 2. The molecule has 7 heteroatoms. The molecule has 2 aromatic rings. The average molecular weight is 427 g/mol. The van der Waals surface area contributed by atoms with E-state index in [9.17, 15) is 9.59 Å². The summed E-state index contributed by atoms with van der Waals surface area (Å²) in [5.41, 5.74) is 2.42. The van der Waals surface area contributed by atoms with Crippen LogP contribution in [0.3, 0.4) is 0 Å². The maximum absolute atomic E-state index is 13.4. The molecule has 1 fully saturated rings. The fraction of sp³-hybridized carbons (Fsp3) is 0.304. The SMILES string of the molecule is CCOc1ccc(C2=C(N3CCOCC3)C(=O)N(Cc3ccc(Cl)cc3)C2=O)cc1. The number of hydrogen-bond acceptors (Lipinski definition) is 5. The second-order valence-electron chi connectivity index (χ2n) is 7.10. The number of halogens is 1. The van der Waals surface area contributed by atoms with E-state index >= 15 is 0 Å². The highest BCUT2D eigenvalue weighted by Gasteiger charge is 2.41. The first-order valence-electron chi connectivity index (χ1n) is 9.99. The molecule has 6 nitrogen and oxygen atoms in total. The minimum Gasteiger partial charge on any atom is -0.494 e. The Bertz CT molecular complexity index is 964. The van der Waals surface area contributed by atoms with Gasteiger partial charge < -0.3 is 14.4 Å². The van der Waals surface area contributed by atoms with Gasteiger partial charge >= 0.3 is 0 Å². The molecule has 0 aliphatic carbocycles. The third-order valence-electron chi connectivity index (χ3n) is 5.18. The van der Waals surface area contributed by atoms with Gasteiger partial charge in [-0.25, -0.2) is 0 Å². The lowest BCUT2D eigenvalue weighted by atomic mass is 10.0. The molecule has 0 atom stereocenters. The number of carbonyl (C=O) groups excluding carboxylic acids is 2. The molecular formula is C23H23ClN2O4. The second-order valence-corrected chi connectivity index (χ2v) is 7.54. The van der Waals surface area contributed by atoms with E-state index in [1.165, 1.54) is 4.90 Å². The smallest absolute Gasteiger partial charge is 0.278 e. The van der Waals surface area contributed by atoms with Crippen LogP contribution in [-0.2, 0) is 20.9 Å². The van der Waals surface area contributed by atoms with Crippen molar-refractivity contribution in [3.05, 3.63) is 70.4 Å². The highest BCUT2D eigenvalue weighted by molar-refractivity contribution is 6.35. The maximum Gasteiger partial charge on any atom is 0.278 e. The van der Waals surface area contributed by atoms with Crippen LogP contribution in [0.25, 0.3) is 5.57 Å². The van der Waals surface area contributed by atoms with Crippen molar-refractivity contribution in [3.63, 3.8) is 0 Å². The Morgan fingerprint density at radius 2 is 1.63 bits per heavy atom. The predicted octanol–water partition coefficient (Wildman–Crippen LogP) is 3.35. The summed E-state index contributed by atoms with van der Waals surface area (Å²) in [5, 5.41) is 0.611. The summed E-state index contributed by atoms with van der Waals surface area (Å²) in [5.74, 6) is 0.158. The first-order valence-corrected chi connectivity index (χ1v) is 10.4. The first-order chi connectivity index (χ1) is 14.6. The van der Waals surface area contributed by atoms with E-state index in [4.69, 9.17) is 21.1 Å². The molecule has 2 aliphatic rings. The van der Waals surface area contributed by atoms with Crippen LogP contribution >= 0.6 is 11.6 Å². The standard InChI is InChI=1S/C23H23ClN2O4/c1-2-30-19-9-5-17(6-10-19)20-21(25-11-13-29-14-12-25)23(28)26(22(20)27)15-16-3-7-18(24)8-4-16/h3-10H,2,11-15H2,1H3. The van der Waals surface area contributed by atoms with Gasteiger partial charge in [0, 0.05) is 18.1 Å². The Kier molecular flexibility index (Phi) is 6.06. The monoisotopic (exact) mass is 426 g/mol. The number of hydrogen-bond donors (Lipinski definition) is 0. The third kappa shape index (κ3) is 4.06. The van der Waals surface area contributed by atoms with Gasteiger partial charge in [-0.2, -0.15) is 0 Å². The van der Waals surface area contributed by atoms with Crippen LogP contribution in [0.2, 0.25) is 5.02 Å². The van der Waals surface area contributed by atoms with Crippen molar-refractivity contribution in [2.75, 3.05) is 32.9 Å². The van der Waals surface area contributed by atoms with E-state index in [1.54, 1.807) is 12.1 Å². The van der Waals surface area contributed by atoms with Crippen LogP contribution < -0.4 is 4.74 Å². The minimum atomic E-state index is -0.291. The van der Waals surface area contributed by atoms with E-state index in [-0.39, 0.29) is 18.4 Å². The van der Waals surface area contributed by atoms with Gasteiger partial charge in [0.1, 0.15) is 11.4 Å². The molecule has 0 aromatic heterocycles. The lowest BCUT2D eigenvalue weighted by Gasteiger charge is -2.29. The molecule has 2 aromatic carbocycles. The number of nitrogens with zero attached hydrogens (tertiary/aromatic N) is 2. The Balaban J connectivity index is 1.69. The third-order valence-corrected chi connectivity index (χ3v) is 5.43. The number of benzene rings is 2. The van der Waals surface area contributed by atoms with Crippen LogP contribution in [0.4, 0.5) is 0 Å². The maximum atomic E-state index is 13.4. The highest BCUT2D eigenvalue weighted by Crippen LogP contribution is 2.33. The molecule has 0 unspecified atom stereocenters. The Morgan fingerprint density at radius 1 is 0.967 bits per heavy atom. The number of imide groups is 1. The molecule has 4 rings (SSSR count). The fourth-order valence-electron chi connectivity index (χ4n) is 3.70. The lowest BCUT2D eigenvalue weighted by Crippen LogP contribution is -2.40. The molecule has 156 valence electrons. The van der Waals surface area contributed by atoms with Gasteiger partial charge in [-0.05, 0) is 42.3 Å². The zero-order valence-electron chi connectivity index (χ0n) is 16.8. The van der Waals surface area contributed by atoms with Crippen LogP contribution in [0, 0.1) is 0 Å². The molecule has 2 amide bonds. The molecule has 0 radical (unpaired) electrons. The van der Waals surface area contributed by atoms with Gasteiger partial charge in [-0.3, -0.25) is 14.5 Å². The van der Waals surface area contributed by atoms with Gasteiger partial charge in [-0.15, -0.1) is 0 Å². The second kappa shape index (κ2) is 8.90. The van der Waals surface area contributed by atoms with Crippen LogP contribution in [0.15, 0.2) is 54.2 Å². The van der Waals surface area contributed by atoms with Crippen LogP contribution in [-0.4, -0.2) is 54.5 Å². The number of rotatable bonds is 6. The topological polar surface area (TPSA) is 59.1 Å². The molecule has 2 aliphatic heterocycles. The van der Waals surface area contributed by atoms with Gasteiger partial charge in [0.2, 0.25) is 0 Å². The van der Waals surface area contributed by atoms with Crippen molar-refractivity contribution in [1.82, 2.24) is 9.80 Å². The number of morpholine rings is 1. The minimum absolute atomic E-state index is 0.198. The molecule has 1 saturated heterocycles. The summed E-state index contributed by atoms with van der Waals surface area (Å²) < 4.78 is 10.9. The summed E-state index contributed by atoms with van der Waals surface area (Å²) in [6.45, 7) is 4.88. The van der Waals surface area contributed by atoms with Crippen molar-refractivity contribution in [2.24, 2.45) is 0 Å². The molecular weight excluding hydrogens is 404 g/mol. The summed E-state index contributed by atoms with van der Waals surface area (Å²) in [4.78, 5) is 30.0. The zero-order valence-corrected chi connectivity index (χ0v) is 17.5. The van der Waals surface area contributed by atoms with E-state index in [0.717, 1.165) is 11.3 Å². The normalized spacial score (nSPS) is 17.1. The lowest BCUT2D eigenvalue weighted by molar-refractivity contribution is -0.138. The summed E-state index contributed by atoms with van der Waals surface area (Å²) in [6, 6.07) is 14.5. The van der Waals surface area contributed by atoms with E-state index in [0.29, 0.717) is 54.8 Å². The summed E-state index contributed by atoms with van der Waals surface area (Å²) in [7, 11) is 0. The van der Waals surface area contributed by atoms with Crippen molar-refractivity contribution in [1.29, 1.82) is 0 Å². The molecule has 0 spiro atoms. The van der Waals surface area contributed by atoms with E-state index < -0.39 is 0 Å². The summed E-state index contributed by atoms with van der Waals surface area (Å²) in [6.07, 6.45) is 0. The van der Waals surface area contributed by atoms with Crippen molar-refractivity contribution in [2.45, 2.75) is 13.5 Å². The van der Waals surface area contributed by atoms with Crippen molar-refractivity contribution in [3.8, 4) is 5.75 Å². The van der Waals surface area contributed by atoms with Gasteiger partial charge in [0.05, 0.1) is 31.9 Å². The molecule has 0 saturated carbocycles. The molecule has 30 heavy (non-hydrogen) atoms. The van der Waals surface area contributed by atoms with Crippen molar-refractivity contribution < 1.29 is 19.1 Å². The predicted molar refractivity (Wildman–Crippen MR) is 114 cm³/mol. The summed E-state index contributed by atoms with van der Waals surface area (Å²) >= 11 is 5.96. The quantitative estimate of drug-likeness (QED) is 0.663. The van der Waals surface area contributed by atoms with Crippen molar-refractivity contribution >= 4 is 29.0 Å². The Labute approximate surface area is 180 Å².